The summed E-state index contributed by atoms with van der Waals surface area (Å²) >= 11 is 0. The van der Waals surface area contributed by atoms with E-state index in [1.165, 1.54) is 50.4 Å². The summed E-state index contributed by atoms with van der Waals surface area (Å²) in [5.41, 5.74) is 1.71. The van der Waals surface area contributed by atoms with Crippen molar-refractivity contribution in [2.24, 2.45) is 0 Å². The lowest BCUT2D eigenvalue weighted by Gasteiger charge is -2.20. The van der Waals surface area contributed by atoms with Crippen LogP contribution in [0, 0.1) is 5.82 Å². The van der Waals surface area contributed by atoms with Crippen LogP contribution in [0.4, 0.5) is 10.3 Å². The van der Waals surface area contributed by atoms with Gasteiger partial charge in [0.05, 0.1) is 36.3 Å². The smallest absolute Gasteiger partial charge is 0.325 e. The van der Waals surface area contributed by atoms with E-state index in [2.05, 4.69) is 15.3 Å². The monoisotopic (exact) mass is 552 g/mol. The number of sulfonamides is 1. The average Bonchev–Trinajstić information content (AvgIpc) is 2.81. The molecule has 2 aromatic rings. The van der Waals surface area contributed by atoms with Gasteiger partial charge in [0.15, 0.2) is 0 Å². The lowest BCUT2D eigenvalue weighted by Crippen LogP contribution is -2.39. The number of halogens is 1. The van der Waals surface area contributed by atoms with Gasteiger partial charge >= 0.3 is 5.97 Å². The van der Waals surface area contributed by atoms with Crippen LogP contribution in [0.25, 0.3) is 17.3 Å². The molecule has 4 N–H and O–H groups in total. The van der Waals surface area contributed by atoms with Gasteiger partial charge in [-0.2, -0.15) is 0 Å². The number of carbonyl (C=O) groups excluding carboxylic acids is 1. The standard InChI is InChI=1S/C25H33FN4O7S/c1-14(2)22-20(11-10-18(31)12-19(32)13-21(33)27-15(3)24(34)35)23(16-6-8-17(26)9-7-16)29-25(28-22)30(4)38(5,36)37/h6-11,14-15,18-19,31-32H,12-13H2,1-5H3,(H,27,33)(H,34,35)/t15?,18-,19+/m0/s1. The molecule has 1 amide bonds. The highest BCUT2D eigenvalue weighted by atomic mass is 32.2. The minimum absolute atomic E-state index is 0.0785. The Hall–Kier alpha value is -3.42. The summed E-state index contributed by atoms with van der Waals surface area (Å²) in [4.78, 5) is 31.6. The number of aromatic nitrogens is 2. The van der Waals surface area contributed by atoms with Gasteiger partial charge in [-0.1, -0.05) is 26.0 Å². The zero-order valence-electron chi connectivity index (χ0n) is 21.8. The summed E-state index contributed by atoms with van der Waals surface area (Å²) in [6.45, 7) is 4.97. The van der Waals surface area contributed by atoms with Crippen LogP contribution in [-0.4, -0.2) is 77.1 Å². The average molecular weight is 553 g/mol. The molecule has 1 unspecified atom stereocenters. The Balaban J connectivity index is 2.41. The van der Waals surface area contributed by atoms with Crippen molar-refractivity contribution in [2.75, 3.05) is 17.6 Å². The van der Waals surface area contributed by atoms with Crippen LogP contribution < -0.4 is 9.62 Å². The number of anilines is 1. The molecular formula is C25H33FN4O7S. The molecule has 1 aromatic carbocycles. The molecule has 0 fully saturated rings. The predicted octanol–water partition coefficient (Wildman–Crippen LogP) is 1.91. The first-order valence-electron chi connectivity index (χ1n) is 11.8. The number of aliphatic carboxylic acids is 1. The number of aliphatic hydroxyl groups excluding tert-OH is 2. The third-order valence-corrected chi connectivity index (χ3v) is 6.73. The highest BCUT2D eigenvalue weighted by Gasteiger charge is 2.23. The zero-order valence-corrected chi connectivity index (χ0v) is 22.6. The van der Waals surface area contributed by atoms with Crippen molar-refractivity contribution >= 4 is 33.9 Å². The number of nitrogens with zero attached hydrogens (tertiary/aromatic N) is 3. The van der Waals surface area contributed by atoms with Crippen molar-refractivity contribution in [2.45, 2.75) is 57.8 Å². The number of nitrogens with one attached hydrogen (secondary N) is 1. The van der Waals surface area contributed by atoms with Crippen LogP contribution in [0.5, 0.6) is 0 Å². The second kappa shape index (κ2) is 12.9. The van der Waals surface area contributed by atoms with Crippen molar-refractivity contribution in [3.8, 4) is 11.3 Å². The van der Waals surface area contributed by atoms with E-state index in [1.807, 2.05) is 13.8 Å². The van der Waals surface area contributed by atoms with E-state index in [1.54, 1.807) is 0 Å². The molecule has 1 aromatic heterocycles. The number of hydrogen-bond donors (Lipinski definition) is 4. The summed E-state index contributed by atoms with van der Waals surface area (Å²) < 4.78 is 38.8. The highest BCUT2D eigenvalue weighted by Crippen LogP contribution is 2.31. The Morgan fingerprint density at radius 1 is 1.13 bits per heavy atom. The molecule has 2 rings (SSSR count). The van der Waals surface area contributed by atoms with Gasteiger partial charge in [0.25, 0.3) is 0 Å². The van der Waals surface area contributed by atoms with E-state index in [-0.39, 0.29) is 18.3 Å². The largest absolute Gasteiger partial charge is 0.480 e. The van der Waals surface area contributed by atoms with E-state index in [0.29, 0.717) is 22.5 Å². The molecule has 0 spiro atoms. The summed E-state index contributed by atoms with van der Waals surface area (Å²) in [5.74, 6) is -2.65. The van der Waals surface area contributed by atoms with Crippen LogP contribution in [0.15, 0.2) is 30.3 Å². The third-order valence-electron chi connectivity index (χ3n) is 5.57. The maximum Gasteiger partial charge on any atom is 0.325 e. The fraction of sp³-hybridized carbons (Fsp3) is 0.440. The molecule has 13 heteroatoms. The number of carboxylic acids is 1. The van der Waals surface area contributed by atoms with Gasteiger partial charge in [0.1, 0.15) is 11.9 Å². The number of benzene rings is 1. The SMILES string of the molecule is CC(NC(=O)C[C@H](O)C[C@@H](O)C=Cc1c(-c2ccc(F)cc2)nc(N(C)S(C)(=O)=O)nc1C(C)C)C(=O)O. The normalized spacial score (nSPS) is 14.3. The van der Waals surface area contributed by atoms with E-state index >= 15 is 0 Å². The Kier molecular flexibility index (Phi) is 10.5. The summed E-state index contributed by atoms with van der Waals surface area (Å²) in [7, 11) is -2.36. The predicted molar refractivity (Wildman–Crippen MR) is 140 cm³/mol. The third kappa shape index (κ3) is 8.57. The topological polar surface area (TPSA) is 170 Å². The number of amides is 1. The molecule has 0 saturated heterocycles. The second-order valence-corrected chi connectivity index (χ2v) is 11.2. The number of aliphatic hydroxyl groups is 2. The molecule has 0 radical (unpaired) electrons. The quantitative estimate of drug-likeness (QED) is 0.307. The minimum Gasteiger partial charge on any atom is -0.480 e. The van der Waals surface area contributed by atoms with Gasteiger partial charge in [0.2, 0.25) is 21.9 Å². The van der Waals surface area contributed by atoms with Crippen molar-refractivity contribution in [1.29, 1.82) is 0 Å². The van der Waals surface area contributed by atoms with E-state index in [4.69, 9.17) is 5.11 Å². The van der Waals surface area contributed by atoms with Gasteiger partial charge < -0.3 is 20.6 Å². The van der Waals surface area contributed by atoms with Crippen LogP contribution in [0.3, 0.4) is 0 Å². The molecule has 11 nitrogen and oxygen atoms in total. The Labute approximate surface area is 221 Å². The maximum atomic E-state index is 13.6. The molecular weight excluding hydrogens is 519 g/mol. The molecule has 38 heavy (non-hydrogen) atoms. The number of carboxylic acid groups (broad SMARTS) is 1. The number of hydrogen-bond acceptors (Lipinski definition) is 8. The van der Waals surface area contributed by atoms with Crippen LogP contribution >= 0.6 is 0 Å². The summed E-state index contributed by atoms with van der Waals surface area (Å²) in [6.07, 6.45) is 0.843. The molecule has 0 saturated carbocycles. The molecule has 0 bridgehead atoms. The molecule has 0 aliphatic heterocycles. The zero-order chi connectivity index (χ0) is 28.8. The Bertz CT molecular complexity index is 1280. The number of carbonyl (C=O) groups is 2. The van der Waals surface area contributed by atoms with Gasteiger partial charge in [-0.25, -0.2) is 27.1 Å². The van der Waals surface area contributed by atoms with E-state index < -0.39 is 52.4 Å². The molecule has 1 heterocycles. The van der Waals surface area contributed by atoms with Crippen LogP contribution in [-0.2, 0) is 19.6 Å². The van der Waals surface area contributed by atoms with Crippen LogP contribution in [0.1, 0.15) is 50.8 Å². The highest BCUT2D eigenvalue weighted by molar-refractivity contribution is 7.92. The van der Waals surface area contributed by atoms with Crippen molar-refractivity contribution in [1.82, 2.24) is 15.3 Å². The van der Waals surface area contributed by atoms with E-state index in [9.17, 15) is 32.6 Å². The first-order chi connectivity index (χ1) is 17.6. The van der Waals surface area contributed by atoms with Gasteiger partial charge in [0, 0.05) is 24.6 Å². The van der Waals surface area contributed by atoms with Gasteiger partial charge in [-0.15, -0.1) is 0 Å². The molecule has 3 atom stereocenters. The molecule has 0 aliphatic rings. The second-order valence-electron chi connectivity index (χ2n) is 9.21. The van der Waals surface area contributed by atoms with E-state index in [0.717, 1.165) is 10.6 Å². The van der Waals surface area contributed by atoms with Gasteiger partial charge in [-0.3, -0.25) is 9.59 Å². The Morgan fingerprint density at radius 2 is 1.74 bits per heavy atom. The minimum atomic E-state index is -3.68. The Morgan fingerprint density at radius 3 is 2.26 bits per heavy atom. The fourth-order valence-corrected chi connectivity index (χ4v) is 3.80. The van der Waals surface area contributed by atoms with Gasteiger partial charge in [-0.05, 0) is 37.1 Å². The summed E-state index contributed by atoms with van der Waals surface area (Å²) in [6, 6.07) is 4.33. The number of rotatable bonds is 12. The molecule has 0 aliphatic carbocycles. The first-order valence-corrected chi connectivity index (χ1v) is 13.6. The summed E-state index contributed by atoms with van der Waals surface area (Å²) in [5, 5.41) is 31.8. The van der Waals surface area contributed by atoms with Crippen LogP contribution in [0.2, 0.25) is 0 Å². The van der Waals surface area contributed by atoms with Crippen molar-refractivity contribution in [3.63, 3.8) is 0 Å². The fourth-order valence-electron chi connectivity index (χ4n) is 3.42. The van der Waals surface area contributed by atoms with Crippen molar-refractivity contribution < 1.29 is 37.7 Å². The lowest BCUT2D eigenvalue weighted by atomic mass is 9.97. The first kappa shape index (κ1) is 30.8. The molecule has 208 valence electrons. The maximum absolute atomic E-state index is 13.6. The van der Waals surface area contributed by atoms with Crippen molar-refractivity contribution in [3.05, 3.63) is 47.4 Å². The lowest BCUT2D eigenvalue weighted by molar-refractivity contribution is -0.141.